The van der Waals surface area contributed by atoms with Crippen LogP contribution in [0.25, 0.3) is 0 Å². The Morgan fingerprint density at radius 2 is 1.76 bits per heavy atom. The van der Waals surface area contributed by atoms with E-state index in [2.05, 4.69) is 10.2 Å². The van der Waals surface area contributed by atoms with Gasteiger partial charge in [-0.15, -0.1) is 0 Å². The maximum atomic E-state index is 11.5. The maximum Gasteiger partial charge on any atom is 0.323 e. The van der Waals surface area contributed by atoms with E-state index >= 15 is 0 Å². The largest absolute Gasteiger partial charge is 0.480 e. The van der Waals surface area contributed by atoms with Crippen LogP contribution in [0.5, 0.6) is 0 Å². The van der Waals surface area contributed by atoms with Crippen molar-refractivity contribution < 1.29 is 9.90 Å². The molecule has 1 saturated heterocycles. The van der Waals surface area contributed by atoms with Crippen molar-refractivity contribution >= 4 is 5.97 Å². The van der Waals surface area contributed by atoms with Crippen molar-refractivity contribution in [2.24, 2.45) is 5.41 Å². The van der Waals surface area contributed by atoms with E-state index in [9.17, 15) is 9.90 Å². The second-order valence-corrected chi connectivity index (χ2v) is 7.63. The topological polar surface area (TPSA) is 52.6 Å². The minimum Gasteiger partial charge on any atom is -0.480 e. The van der Waals surface area contributed by atoms with Crippen LogP contribution >= 0.6 is 0 Å². The minimum absolute atomic E-state index is 0.467. The number of rotatable bonds is 3. The highest BCUT2D eigenvalue weighted by atomic mass is 16.4. The van der Waals surface area contributed by atoms with Gasteiger partial charge in [0, 0.05) is 6.04 Å². The molecule has 2 atom stereocenters. The minimum atomic E-state index is -0.676. The number of hydrogen-bond acceptors (Lipinski definition) is 3. The van der Waals surface area contributed by atoms with Crippen LogP contribution in [-0.4, -0.2) is 47.7 Å². The number of piperidine rings is 1. The lowest BCUT2D eigenvalue weighted by Gasteiger charge is -2.46. The molecule has 1 spiro atoms. The number of aliphatic carboxylic acids is 1. The summed E-state index contributed by atoms with van der Waals surface area (Å²) in [7, 11) is 1.80. The van der Waals surface area contributed by atoms with Gasteiger partial charge in [0.25, 0.3) is 0 Å². The van der Waals surface area contributed by atoms with Crippen LogP contribution in [0.4, 0.5) is 0 Å². The number of nitrogens with zero attached hydrogens (tertiary/aromatic N) is 1. The summed E-state index contributed by atoms with van der Waals surface area (Å²) in [5.74, 6) is -0.673. The van der Waals surface area contributed by atoms with Gasteiger partial charge in [0.15, 0.2) is 0 Å². The van der Waals surface area contributed by atoms with E-state index in [0.29, 0.717) is 11.5 Å². The summed E-state index contributed by atoms with van der Waals surface area (Å²) in [6.07, 6.45) is 12.4. The Kier molecular flexibility index (Phi) is 4.28. The highest BCUT2D eigenvalue weighted by Gasteiger charge is 2.47. The second-order valence-electron chi connectivity index (χ2n) is 7.63. The van der Waals surface area contributed by atoms with E-state index in [-0.39, 0.29) is 0 Å². The Bertz CT molecular complexity index is 382. The van der Waals surface area contributed by atoms with Crippen molar-refractivity contribution in [2.45, 2.75) is 75.8 Å². The third-order valence-corrected chi connectivity index (χ3v) is 6.67. The number of nitrogens with one attached hydrogen (secondary N) is 1. The molecule has 0 bridgehead atoms. The molecule has 3 aliphatic rings. The van der Waals surface area contributed by atoms with E-state index in [1.54, 1.807) is 7.05 Å². The first kappa shape index (κ1) is 15.3. The summed E-state index contributed by atoms with van der Waals surface area (Å²) < 4.78 is 0. The van der Waals surface area contributed by atoms with E-state index in [1.165, 1.54) is 58.0 Å². The highest BCUT2D eigenvalue weighted by Crippen LogP contribution is 2.46. The SMILES string of the molecule is CNC1(C(=O)O)CCC(N2CCC3(CCCCC3)CC2)C1. The fourth-order valence-electron chi connectivity index (χ4n) is 5.02. The lowest BCUT2D eigenvalue weighted by atomic mass is 9.68. The van der Waals surface area contributed by atoms with Gasteiger partial charge in [0.05, 0.1) is 0 Å². The van der Waals surface area contributed by atoms with Gasteiger partial charge in [-0.3, -0.25) is 4.79 Å². The molecule has 0 aromatic carbocycles. The number of carbonyl (C=O) groups is 1. The molecule has 1 aliphatic heterocycles. The zero-order valence-electron chi connectivity index (χ0n) is 13.4. The second kappa shape index (κ2) is 5.88. The molecular formula is C17H30N2O2. The Hall–Kier alpha value is -0.610. The summed E-state index contributed by atoms with van der Waals surface area (Å²) in [5.41, 5.74) is -0.0368. The molecule has 0 radical (unpaired) electrons. The fourth-order valence-corrected chi connectivity index (χ4v) is 5.02. The lowest BCUT2D eigenvalue weighted by Crippen LogP contribution is -2.51. The highest BCUT2D eigenvalue weighted by molar-refractivity contribution is 5.79. The number of carboxylic acids is 1. The van der Waals surface area contributed by atoms with Crippen LogP contribution < -0.4 is 5.32 Å². The average molecular weight is 294 g/mol. The van der Waals surface area contributed by atoms with Gasteiger partial charge in [0.1, 0.15) is 5.54 Å². The Morgan fingerprint density at radius 3 is 2.29 bits per heavy atom. The first-order valence-corrected chi connectivity index (χ1v) is 8.76. The Balaban J connectivity index is 1.57. The molecule has 3 rings (SSSR count). The molecule has 2 saturated carbocycles. The van der Waals surface area contributed by atoms with Crippen molar-refractivity contribution in [1.82, 2.24) is 10.2 Å². The van der Waals surface area contributed by atoms with Gasteiger partial charge in [-0.05, 0) is 70.5 Å². The van der Waals surface area contributed by atoms with Gasteiger partial charge in [0.2, 0.25) is 0 Å². The number of likely N-dealkylation sites (N-methyl/N-ethyl adjacent to an activating group) is 1. The first-order chi connectivity index (χ1) is 10.1. The molecule has 0 aromatic heterocycles. The van der Waals surface area contributed by atoms with Gasteiger partial charge < -0.3 is 15.3 Å². The van der Waals surface area contributed by atoms with Crippen molar-refractivity contribution in [1.29, 1.82) is 0 Å². The van der Waals surface area contributed by atoms with Crippen LogP contribution in [-0.2, 0) is 4.79 Å². The van der Waals surface area contributed by atoms with Crippen molar-refractivity contribution in [2.75, 3.05) is 20.1 Å². The average Bonchev–Trinajstić information content (AvgIpc) is 2.95. The van der Waals surface area contributed by atoms with Gasteiger partial charge in [-0.2, -0.15) is 0 Å². The van der Waals surface area contributed by atoms with Gasteiger partial charge in [-0.25, -0.2) is 0 Å². The van der Waals surface area contributed by atoms with Gasteiger partial charge >= 0.3 is 5.97 Å². The van der Waals surface area contributed by atoms with Crippen LogP contribution in [0.3, 0.4) is 0 Å². The molecule has 21 heavy (non-hydrogen) atoms. The molecule has 4 nitrogen and oxygen atoms in total. The first-order valence-electron chi connectivity index (χ1n) is 8.76. The van der Waals surface area contributed by atoms with Crippen LogP contribution in [0.2, 0.25) is 0 Å². The van der Waals surface area contributed by atoms with Crippen molar-refractivity contribution in [3.8, 4) is 0 Å². The zero-order valence-corrected chi connectivity index (χ0v) is 13.4. The Morgan fingerprint density at radius 1 is 1.10 bits per heavy atom. The van der Waals surface area contributed by atoms with Crippen molar-refractivity contribution in [3.05, 3.63) is 0 Å². The standard InChI is InChI=1S/C17H30N2O2/c1-18-17(15(20)21)8-5-14(13-17)19-11-9-16(10-12-19)6-3-2-4-7-16/h14,18H,2-13H2,1H3,(H,20,21). The summed E-state index contributed by atoms with van der Waals surface area (Å²) in [4.78, 5) is 14.1. The molecule has 4 heteroatoms. The molecular weight excluding hydrogens is 264 g/mol. The Labute approximate surface area is 128 Å². The normalized spacial score (nSPS) is 36.9. The third-order valence-electron chi connectivity index (χ3n) is 6.67. The number of carboxylic acid groups (broad SMARTS) is 1. The predicted molar refractivity (Wildman–Crippen MR) is 83.4 cm³/mol. The van der Waals surface area contributed by atoms with E-state index in [4.69, 9.17) is 0 Å². The summed E-state index contributed by atoms with van der Waals surface area (Å²) in [5, 5.41) is 12.6. The van der Waals surface area contributed by atoms with Crippen LogP contribution in [0, 0.1) is 5.41 Å². The van der Waals surface area contributed by atoms with E-state index < -0.39 is 11.5 Å². The predicted octanol–water partition coefficient (Wildman–Crippen LogP) is 2.63. The molecule has 1 heterocycles. The molecule has 3 fully saturated rings. The number of hydrogen-bond donors (Lipinski definition) is 2. The monoisotopic (exact) mass is 294 g/mol. The number of likely N-dealkylation sites (tertiary alicyclic amines) is 1. The lowest BCUT2D eigenvalue weighted by molar-refractivity contribution is -0.144. The van der Waals surface area contributed by atoms with Crippen LogP contribution in [0.1, 0.15) is 64.2 Å². The van der Waals surface area contributed by atoms with E-state index in [0.717, 1.165) is 19.3 Å². The summed E-state index contributed by atoms with van der Waals surface area (Å²) in [6, 6.07) is 0.467. The smallest absolute Gasteiger partial charge is 0.323 e. The van der Waals surface area contributed by atoms with E-state index in [1.807, 2.05) is 0 Å². The molecule has 120 valence electrons. The van der Waals surface area contributed by atoms with Gasteiger partial charge in [-0.1, -0.05) is 19.3 Å². The molecule has 0 amide bonds. The summed E-state index contributed by atoms with van der Waals surface area (Å²) >= 11 is 0. The molecule has 2 aliphatic carbocycles. The van der Waals surface area contributed by atoms with Crippen molar-refractivity contribution in [3.63, 3.8) is 0 Å². The third kappa shape index (κ3) is 2.85. The van der Waals surface area contributed by atoms with Crippen LogP contribution in [0.15, 0.2) is 0 Å². The molecule has 2 unspecified atom stereocenters. The maximum absolute atomic E-state index is 11.5. The fraction of sp³-hybridized carbons (Fsp3) is 0.941. The molecule has 2 N–H and O–H groups in total. The summed E-state index contributed by atoms with van der Waals surface area (Å²) in [6.45, 7) is 2.37. The quantitative estimate of drug-likeness (QED) is 0.840. The zero-order chi connectivity index (χ0) is 14.9. The molecule has 0 aromatic rings.